The number of likely N-dealkylation sites (tertiary alicyclic amines) is 1. The minimum Gasteiger partial charge on any atom is -0.383 e. The Kier molecular flexibility index (Phi) is 6.99. The number of hydrogen-bond donors (Lipinski definition) is 2. The number of nitrogens with zero attached hydrogens (tertiary/aromatic N) is 3. The molecule has 180 valence electrons. The number of benzene rings is 2. The molecule has 2 atom stereocenters. The van der Waals surface area contributed by atoms with Gasteiger partial charge >= 0.3 is 6.03 Å². The molecular weight excluding hydrogens is 462 g/mol. The number of amides is 2. The molecule has 0 unspecified atom stereocenters. The second-order valence-electron chi connectivity index (χ2n) is 8.70. The lowest BCUT2D eigenvalue weighted by molar-refractivity contribution is 0.159. The summed E-state index contributed by atoms with van der Waals surface area (Å²) in [5.74, 6) is 0.765. The van der Waals surface area contributed by atoms with E-state index in [2.05, 4.69) is 27.7 Å². The van der Waals surface area contributed by atoms with Gasteiger partial charge in [-0.25, -0.2) is 9.78 Å². The number of aromatic nitrogens is 2. The molecule has 4 aromatic rings. The third-order valence-electron chi connectivity index (χ3n) is 6.43. The van der Waals surface area contributed by atoms with Gasteiger partial charge in [-0.2, -0.15) is 0 Å². The van der Waals surface area contributed by atoms with Crippen LogP contribution < -0.4 is 10.6 Å². The molecule has 2 aromatic heterocycles. The zero-order valence-corrected chi connectivity index (χ0v) is 20.3. The van der Waals surface area contributed by atoms with Crippen LogP contribution in [0.15, 0.2) is 79.0 Å². The molecule has 35 heavy (non-hydrogen) atoms. The van der Waals surface area contributed by atoms with Crippen molar-refractivity contribution >= 4 is 29.1 Å². The zero-order chi connectivity index (χ0) is 24.2. The fourth-order valence-corrected chi connectivity index (χ4v) is 4.94. The number of urea groups is 1. The molecular formula is C27H28ClN5O2. The van der Waals surface area contributed by atoms with Crippen molar-refractivity contribution in [2.75, 3.05) is 38.7 Å². The summed E-state index contributed by atoms with van der Waals surface area (Å²) < 4.78 is 7.09. The van der Waals surface area contributed by atoms with Gasteiger partial charge in [-0.1, -0.05) is 72.3 Å². The molecule has 2 aromatic carbocycles. The minimum atomic E-state index is -0.275. The first-order valence-corrected chi connectivity index (χ1v) is 12.1. The average Bonchev–Trinajstić information content (AvgIpc) is 3.46. The molecule has 1 fully saturated rings. The Morgan fingerprint density at radius 3 is 2.54 bits per heavy atom. The monoisotopic (exact) mass is 489 g/mol. The van der Waals surface area contributed by atoms with Crippen LogP contribution in [0.25, 0.3) is 16.9 Å². The van der Waals surface area contributed by atoms with Gasteiger partial charge in [-0.3, -0.25) is 14.6 Å². The van der Waals surface area contributed by atoms with E-state index < -0.39 is 0 Å². The number of methoxy groups -OCH3 is 1. The summed E-state index contributed by atoms with van der Waals surface area (Å²) in [4.78, 5) is 20.4. The first kappa shape index (κ1) is 23.4. The van der Waals surface area contributed by atoms with Crippen LogP contribution in [0, 0.1) is 0 Å². The van der Waals surface area contributed by atoms with Crippen LogP contribution >= 0.6 is 11.6 Å². The molecule has 0 bridgehead atoms. The maximum atomic E-state index is 13.3. The van der Waals surface area contributed by atoms with Crippen molar-refractivity contribution in [3.8, 4) is 11.3 Å². The maximum Gasteiger partial charge on any atom is 0.320 e. The lowest BCUT2D eigenvalue weighted by Gasteiger charge is -2.21. The Labute approximate surface area is 209 Å². The van der Waals surface area contributed by atoms with Crippen LogP contribution in [0.5, 0.6) is 0 Å². The summed E-state index contributed by atoms with van der Waals surface area (Å²) in [6.45, 7) is 3.09. The van der Waals surface area contributed by atoms with Gasteiger partial charge < -0.3 is 10.1 Å². The quantitative estimate of drug-likeness (QED) is 0.387. The molecule has 0 aliphatic carbocycles. The van der Waals surface area contributed by atoms with Crippen molar-refractivity contribution in [3.63, 3.8) is 0 Å². The Morgan fingerprint density at radius 2 is 1.80 bits per heavy atom. The predicted octanol–water partition coefficient (Wildman–Crippen LogP) is 4.89. The number of rotatable bonds is 7. The van der Waals surface area contributed by atoms with E-state index in [1.54, 1.807) is 13.2 Å². The lowest BCUT2D eigenvalue weighted by Crippen LogP contribution is -2.42. The predicted molar refractivity (Wildman–Crippen MR) is 139 cm³/mol. The first-order valence-electron chi connectivity index (χ1n) is 11.7. The van der Waals surface area contributed by atoms with Gasteiger partial charge in [-0.15, -0.1) is 0 Å². The number of imidazole rings is 1. The van der Waals surface area contributed by atoms with Crippen molar-refractivity contribution in [3.05, 3.63) is 89.6 Å². The summed E-state index contributed by atoms with van der Waals surface area (Å²) in [6.07, 6.45) is 1.85. The number of fused-ring (bicyclic) bond motifs is 1. The molecule has 1 aliphatic rings. The fraction of sp³-hybridized carbons (Fsp3) is 0.259. The van der Waals surface area contributed by atoms with E-state index in [9.17, 15) is 4.79 Å². The number of carbonyl (C=O) groups excluding carboxylic acids is 1. The van der Waals surface area contributed by atoms with Crippen molar-refractivity contribution in [1.29, 1.82) is 0 Å². The van der Waals surface area contributed by atoms with Gasteiger partial charge in [0.25, 0.3) is 0 Å². The van der Waals surface area contributed by atoms with Crippen molar-refractivity contribution in [1.82, 2.24) is 19.6 Å². The number of carbonyl (C=O) groups is 1. The molecule has 1 aliphatic heterocycles. The zero-order valence-electron chi connectivity index (χ0n) is 19.5. The van der Waals surface area contributed by atoms with Crippen LogP contribution in [0.1, 0.15) is 11.5 Å². The van der Waals surface area contributed by atoms with E-state index in [1.165, 1.54) is 5.56 Å². The summed E-state index contributed by atoms with van der Waals surface area (Å²) >= 11 is 6.42. The van der Waals surface area contributed by atoms with Gasteiger partial charge in [0, 0.05) is 44.4 Å². The smallest absolute Gasteiger partial charge is 0.320 e. The minimum absolute atomic E-state index is 0.0443. The van der Waals surface area contributed by atoms with Crippen molar-refractivity contribution in [2.45, 2.75) is 12.0 Å². The molecule has 0 radical (unpaired) electrons. The molecule has 8 heteroatoms. The fourth-order valence-electron chi connectivity index (χ4n) is 4.74. The number of anilines is 1. The van der Waals surface area contributed by atoms with E-state index in [-0.39, 0.29) is 18.0 Å². The van der Waals surface area contributed by atoms with Crippen LogP contribution in [-0.2, 0) is 4.74 Å². The van der Waals surface area contributed by atoms with E-state index in [4.69, 9.17) is 21.3 Å². The second kappa shape index (κ2) is 10.5. The van der Waals surface area contributed by atoms with Crippen LogP contribution in [-0.4, -0.2) is 59.7 Å². The summed E-state index contributed by atoms with van der Waals surface area (Å²) in [5, 5.41) is 6.81. The van der Waals surface area contributed by atoms with Gasteiger partial charge in [-0.05, 0) is 17.7 Å². The number of nitrogens with one attached hydrogen (secondary N) is 2. The standard InChI is InChI=1S/C27H28ClN5O2/c1-35-16-15-32-17-21(19-9-4-2-5-10-19)23(18-32)29-27(34)31-26-24(20-11-6-3-7-12-20)30-25-22(28)13-8-14-33(25)26/h2-14,21,23H,15-18H2,1H3,(H2,29,31,34)/t21-,23+/m1/s1. The van der Waals surface area contributed by atoms with Crippen molar-refractivity contribution < 1.29 is 9.53 Å². The first-order chi connectivity index (χ1) is 17.1. The number of pyridine rings is 1. The topological polar surface area (TPSA) is 70.9 Å². The summed E-state index contributed by atoms with van der Waals surface area (Å²) in [6, 6.07) is 23.4. The number of ether oxygens (including phenoxy) is 1. The number of halogens is 1. The highest BCUT2D eigenvalue weighted by Crippen LogP contribution is 2.32. The highest BCUT2D eigenvalue weighted by molar-refractivity contribution is 6.33. The Morgan fingerprint density at radius 1 is 1.06 bits per heavy atom. The third kappa shape index (κ3) is 5.03. The normalized spacial score (nSPS) is 18.1. The van der Waals surface area contributed by atoms with E-state index >= 15 is 0 Å². The van der Waals surface area contributed by atoms with E-state index in [0.29, 0.717) is 28.8 Å². The third-order valence-corrected chi connectivity index (χ3v) is 6.73. The SMILES string of the molecule is COCCN1C[C@H](NC(=O)Nc2c(-c3ccccc3)nc3c(Cl)cccn23)[C@@H](c2ccccc2)C1. The van der Waals surface area contributed by atoms with E-state index in [1.807, 2.05) is 65.2 Å². The maximum absolute atomic E-state index is 13.3. The van der Waals surface area contributed by atoms with Gasteiger partial charge in [0.15, 0.2) is 5.65 Å². The Hall–Kier alpha value is -3.39. The molecule has 2 N–H and O–H groups in total. The van der Waals surface area contributed by atoms with Gasteiger partial charge in [0.1, 0.15) is 11.5 Å². The van der Waals surface area contributed by atoms with Crippen LogP contribution in [0.3, 0.4) is 0 Å². The molecule has 3 heterocycles. The van der Waals surface area contributed by atoms with Gasteiger partial charge in [0.2, 0.25) is 0 Å². The summed E-state index contributed by atoms with van der Waals surface area (Å²) in [7, 11) is 1.71. The Balaban J connectivity index is 1.41. The van der Waals surface area contributed by atoms with Crippen LogP contribution in [0.2, 0.25) is 5.02 Å². The largest absolute Gasteiger partial charge is 0.383 e. The van der Waals surface area contributed by atoms with E-state index in [0.717, 1.165) is 25.2 Å². The molecule has 0 spiro atoms. The van der Waals surface area contributed by atoms with Gasteiger partial charge in [0.05, 0.1) is 17.7 Å². The molecule has 2 amide bonds. The lowest BCUT2D eigenvalue weighted by atomic mass is 9.94. The average molecular weight is 490 g/mol. The number of hydrogen-bond acceptors (Lipinski definition) is 4. The molecule has 1 saturated heterocycles. The second-order valence-corrected chi connectivity index (χ2v) is 9.11. The van der Waals surface area contributed by atoms with Crippen molar-refractivity contribution in [2.24, 2.45) is 0 Å². The molecule has 5 rings (SSSR count). The molecule has 0 saturated carbocycles. The highest BCUT2D eigenvalue weighted by atomic mass is 35.5. The molecule has 7 nitrogen and oxygen atoms in total. The summed E-state index contributed by atoms with van der Waals surface area (Å²) in [5.41, 5.74) is 3.37. The Bertz CT molecular complexity index is 1300. The van der Waals surface area contributed by atoms with Crippen LogP contribution in [0.4, 0.5) is 10.6 Å². The highest BCUT2D eigenvalue weighted by Gasteiger charge is 2.34.